The molecule has 0 bridgehead atoms. The molecule has 3 nitrogen and oxygen atoms in total. The third-order valence-electron chi connectivity index (χ3n) is 3.52. The number of carbonyl (C=O) groups is 1. The molecule has 0 saturated carbocycles. The van der Waals surface area contributed by atoms with Gasteiger partial charge in [0.25, 0.3) is 0 Å². The summed E-state index contributed by atoms with van der Waals surface area (Å²) in [5, 5.41) is 2.39. The Hall–Kier alpha value is -0.420. The van der Waals surface area contributed by atoms with E-state index >= 15 is 0 Å². The van der Waals surface area contributed by atoms with Crippen LogP contribution in [-0.2, 0) is 4.74 Å². The largest absolute Gasteiger partial charge is 0.367 e. The Labute approximate surface area is 109 Å². The highest BCUT2D eigenvalue weighted by atomic mass is 35.5. The van der Waals surface area contributed by atoms with Gasteiger partial charge in [-0.2, -0.15) is 0 Å². The van der Waals surface area contributed by atoms with E-state index in [1.165, 1.54) is 24.2 Å². The lowest BCUT2D eigenvalue weighted by Gasteiger charge is -2.34. The number of ketones is 1. The lowest BCUT2D eigenvalue weighted by Crippen LogP contribution is -2.48. The molecule has 1 aromatic heterocycles. The Balaban J connectivity index is 1.73. The van der Waals surface area contributed by atoms with Gasteiger partial charge >= 0.3 is 0 Å². The quantitative estimate of drug-likeness (QED) is 0.774. The number of halogens is 1. The number of rotatable bonds is 2. The average Bonchev–Trinajstić information content (AvgIpc) is 2.95. The van der Waals surface area contributed by atoms with E-state index < -0.39 is 0 Å². The molecule has 17 heavy (non-hydrogen) atoms. The molecule has 0 aromatic carbocycles. The second-order valence-electron chi connectivity index (χ2n) is 4.57. The SMILES string of the molecule is O=C(c1sccc1Cl)C1CN2CCCC2CO1. The molecule has 5 heteroatoms. The van der Waals surface area contributed by atoms with Gasteiger partial charge in [0, 0.05) is 12.6 Å². The van der Waals surface area contributed by atoms with Crippen LogP contribution in [0.25, 0.3) is 0 Å². The Kier molecular flexibility index (Phi) is 3.21. The number of Topliss-reactive ketones (excluding diaryl/α,β-unsaturated/α-hetero) is 1. The number of fused-ring (bicyclic) bond motifs is 1. The zero-order valence-electron chi connectivity index (χ0n) is 9.39. The van der Waals surface area contributed by atoms with E-state index in [1.807, 2.05) is 5.38 Å². The molecule has 2 fully saturated rings. The molecule has 3 rings (SSSR count). The van der Waals surface area contributed by atoms with Crippen LogP contribution >= 0.6 is 22.9 Å². The lowest BCUT2D eigenvalue weighted by molar-refractivity contribution is -0.0342. The predicted molar refractivity (Wildman–Crippen MR) is 68.0 cm³/mol. The summed E-state index contributed by atoms with van der Waals surface area (Å²) in [7, 11) is 0. The number of nitrogens with zero attached hydrogens (tertiary/aromatic N) is 1. The Morgan fingerprint density at radius 2 is 2.47 bits per heavy atom. The Morgan fingerprint density at radius 3 is 3.24 bits per heavy atom. The van der Waals surface area contributed by atoms with Crippen molar-refractivity contribution in [3.05, 3.63) is 21.3 Å². The van der Waals surface area contributed by atoms with Crippen LogP contribution in [0.15, 0.2) is 11.4 Å². The van der Waals surface area contributed by atoms with Gasteiger partial charge in [0.05, 0.1) is 16.5 Å². The highest BCUT2D eigenvalue weighted by Gasteiger charge is 2.36. The van der Waals surface area contributed by atoms with Crippen LogP contribution in [0, 0.1) is 0 Å². The summed E-state index contributed by atoms with van der Waals surface area (Å²) < 4.78 is 5.69. The van der Waals surface area contributed by atoms with Crippen LogP contribution < -0.4 is 0 Å². The number of hydrogen-bond donors (Lipinski definition) is 0. The van der Waals surface area contributed by atoms with Crippen molar-refractivity contribution in [3.8, 4) is 0 Å². The third kappa shape index (κ3) is 2.15. The van der Waals surface area contributed by atoms with Crippen LogP contribution in [0.3, 0.4) is 0 Å². The number of hydrogen-bond acceptors (Lipinski definition) is 4. The molecule has 1 aromatic rings. The third-order valence-corrected chi connectivity index (χ3v) is 4.88. The van der Waals surface area contributed by atoms with Gasteiger partial charge in [0.15, 0.2) is 0 Å². The van der Waals surface area contributed by atoms with Gasteiger partial charge in [-0.3, -0.25) is 9.69 Å². The topological polar surface area (TPSA) is 29.5 Å². The van der Waals surface area contributed by atoms with E-state index in [1.54, 1.807) is 6.07 Å². The van der Waals surface area contributed by atoms with Crippen molar-refractivity contribution in [1.82, 2.24) is 4.90 Å². The second-order valence-corrected chi connectivity index (χ2v) is 5.90. The summed E-state index contributed by atoms with van der Waals surface area (Å²) in [4.78, 5) is 15.2. The smallest absolute Gasteiger partial charge is 0.204 e. The number of ether oxygens (including phenoxy) is 1. The molecule has 2 atom stereocenters. The van der Waals surface area contributed by atoms with Crippen LogP contribution in [0.5, 0.6) is 0 Å². The van der Waals surface area contributed by atoms with Crippen LogP contribution in [0.1, 0.15) is 22.5 Å². The maximum Gasteiger partial charge on any atom is 0.204 e. The fraction of sp³-hybridized carbons (Fsp3) is 0.583. The number of carbonyl (C=O) groups excluding carboxylic acids is 1. The maximum atomic E-state index is 12.2. The van der Waals surface area contributed by atoms with Crippen molar-refractivity contribution in [2.45, 2.75) is 25.0 Å². The number of morpholine rings is 1. The molecule has 2 aliphatic heterocycles. The van der Waals surface area contributed by atoms with Gasteiger partial charge in [-0.1, -0.05) is 11.6 Å². The molecule has 2 aliphatic rings. The van der Waals surface area contributed by atoms with Crippen LogP contribution in [0.2, 0.25) is 5.02 Å². The first-order valence-electron chi connectivity index (χ1n) is 5.88. The zero-order chi connectivity index (χ0) is 11.8. The standard InChI is InChI=1S/C12H14ClNO2S/c13-9-3-5-17-12(9)11(15)10-6-14-4-1-2-8(14)7-16-10/h3,5,8,10H,1-2,4,6-7H2. The molecule has 0 radical (unpaired) electrons. The van der Waals surface area contributed by atoms with Crippen molar-refractivity contribution in [2.75, 3.05) is 19.7 Å². The van der Waals surface area contributed by atoms with E-state index in [2.05, 4.69) is 4.90 Å². The normalized spacial score (nSPS) is 29.2. The van der Waals surface area contributed by atoms with Crippen molar-refractivity contribution in [2.24, 2.45) is 0 Å². The zero-order valence-corrected chi connectivity index (χ0v) is 11.0. The van der Waals surface area contributed by atoms with E-state index in [9.17, 15) is 4.79 Å². The minimum atomic E-state index is -0.333. The summed E-state index contributed by atoms with van der Waals surface area (Å²) in [6.07, 6.45) is 2.08. The first-order valence-corrected chi connectivity index (χ1v) is 7.14. The van der Waals surface area contributed by atoms with Crippen molar-refractivity contribution >= 4 is 28.7 Å². The summed E-state index contributed by atoms with van der Waals surface area (Å²) in [5.74, 6) is 0.0374. The van der Waals surface area contributed by atoms with Crippen molar-refractivity contribution in [3.63, 3.8) is 0 Å². The fourth-order valence-electron chi connectivity index (χ4n) is 2.59. The van der Waals surface area contributed by atoms with Crippen LogP contribution in [0.4, 0.5) is 0 Å². The van der Waals surface area contributed by atoms with E-state index in [0.717, 1.165) is 13.1 Å². The second kappa shape index (κ2) is 4.69. The van der Waals surface area contributed by atoms with E-state index in [-0.39, 0.29) is 11.9 Å². The van der Waals surface area contributed by atoms with Gasteiger partial charge in [0.2, 0.25) is 5.78 Å². The molecule has 3 heterocycles. The van der Waals surface area contributed by atoms with Gasteiger partial charge < -0.3 is 4.74 Å². The van der Waals surface area contributed by atoms with Crippen molar-refractivity contribution in [1.29, 1.82) is 0 Å². The molecule has 92 valence electrons. The van der Waals surface area contributed by atoms with Gasteiger partial charge in [-0.05, 0) is 30.8 Å². The first-order chi connectivity index (χ1) is 8.25. The molecular formula is C12H14ClNO2S. The minimum absolute atomic E-state index is 0.0374. The monoisotopic (exact) mass is 271 g/mol. The van der Waals surface area contributed by atoms with E-state index in [0.29, 0.717) is 22.5 Å². The first kappa shape index (κ1) is 11.7. The molecule has 2 unspecified atom stereocenters. The Bertz CT molecular complexity index is 434. The molecule has 2 saturated heterocycles. The molecule has 0 spiro atoms. The fourth-order valence-corrected chi connectivity index (χ4v) is 3.72. The molecule has 0 aliphatic carbocycles. The molecular weight excluding hydrogens is 258 g/mol. The lowest BCUT2D eigenvalue weighted by atomic mass is 10.1. The molecule has 0 N–H and O–H groups in total. The summed E-state index contributed by atoms with van der Waals surface area (Å²) >= 11 is 7.38. The minimum Gasteiger partial charge on any atom is -0.367 e. The van der Waals surface area contributed by atoms with Crippen LogP contribution in [-0.4, -0.2) is 42.5 Å². The summed E-state index contributed by atoms with van der Waals surface area (Å²) in [6, 6.07) is 2.29. The van der Waals surface area contributed by atoms with Gasteiger partial charge in [0.1, 0.15) is 6.10 Å². The van der Waals surface area contributed by atoms with Gasteiger partial charge in [-0.15, -0.1) is 11.3 Å². The average molecular weight is 272 g/mol. The highest BCUT2D eigenvalue weighted by Crippen LogP contribution is 2.28. The predicted octanol–water partition coefficient (Wildman–Crippen LogP) is 2.45. The highest BCUT2D eigenvalue weighted by molar-refractivity contribution is 7.12. The van der Waals surface area contributed by atoms with Crippen molar-refractivity contribution < 1.29 is 9.53 Å². The summed E-state index contributed by atoms with van der Waals surface area (Å²) in [5.41, 5.74) is 0. The summed E-state index contributed by atoms with van der Waals surface area (Å²) in [6.45, 7) is 2.49. The van der Waals surface area contributed by atoms with Gasteiger partial charge in [-0.25, -0.2) is 0 Å². The Morgan fingerprint density at radius 1 is 1.59 bits per heavy atom. The molecule has 0 amide bonds. The maximum absolute atomic E-state index is 12.2. The van der Waals surface area contributed by atoms with E-state index in [4.69, 9.17) is 16.3 Å². The number of thiophene rings is 1.